The number of carbonyl (C=O) groups excluding carboxylic acids is 3. The molecule has 0 bridgehead atoms. The molecule has 0 spiro atoms. The van der Waals surface area contributed by atoms with Crippen molar-refractivity contribution in [1.29, 1.82) is 0 Å². The van der Waals surface area contributed by atoms with Crippen molar-refractivity contribution >= 4 is 50.7 Å². The van der Waals surface area contributed by atoms with Crippen LogP contribution in [-0.2, 0) is 14.8 Å². The van der Waals surface area contributed by atoms with Crippen LogP contribution in [0, 0.1) is 0 Å². The predicted molar refractivity (Wildman–Crippen MR) is 100 cm³/mol. The van der Waals surface area contributed by atoms with Gasteiger partial charge in [0.2, 0.25) is 21.8 Å². The summed E-state index contributed by atoms with van der Waals surface area (Å²) in [6.45, 7) is 0. The molecular formula is C17H14ClN3O5S. The van der Waals surface area contributed by atoms with Gasteiger partial charge >= 0.3 is 0 Å². The molecule has 0 aliphatic carbocycles. The van der Waals surface area contributed by atoms with Crippen LogP contribution in [0.1, 0.15) is 27.1 Å². The number of benzene rings is 2. The smallest absolute Gasteiger partial charge is 0.257 e. The number of nitrogens with zero attached hydrogens (tertiary/aromatic N) is 1. The van der Waals surface area contributed by atoms with E-state index in [1.807, 2.05) is 0 Å². The summed E-state index contributed by atoms with van der Waals surface area (Å²) in [6, 6.07) is 9.84. The van der Waals surface area contributed by atoms with Crippen LogP contribution in [0.25, 0.3) is 0 Å². The van der Waals surface area contributed by atoms with Gasteiger partial charge in [-0.2, -0.15) is 0 Å². The molecule has 3 rings (SSSR count). The fourth-order valence-electron chi connectivity index (χ4n) is 2.60. The Kier molecular flexibility index (Phi) is 4.90. The Bertz CT molecular complexity index is 1050. The first-order valence-electron chi connectivity index (χ1n) is 7.75. The minimum absolute atomic E-state index is 0.00282. The lowest BCUT2D eigenvalue weighted by Crippen LogP contribution is -2.29. The van der Waals surface area contributed by atoms with Crippen LogP contribution in [0.2, 0.25) is 5.02 Å². The van der Waals surface area contributed by atoms with E-state index in [2.05, 4.69) is 5.32 Å². The molecule has 1 heterocycles. The van der Waals surface area contributed by atoms with E-state index in [0.717, 1.165) is 0 Å². The SMILES string of the molecule is NC(=O)c1ccc(NC(=O)c2cc(N3C(=O)CCS3(=O)=O)ccc2Cl)cc1. The molecular weight excluding hydrogens is 394 g/mol. The van der Waals surface area contributed by atoms with E-state index in [1.165, 1.54) is 42.5 Å². The van der Waals surface area contributed by atoms with Crippen LogP contribution in [0.15, 0.2) is 42.5 Å². The number of hydrogen-bond acceptors (Lipinski definition) is 5. The van der Waals surface area contributed by atoms with Crippen molar-refractivity contribution in [2.45, 2.75) is 6.42 Å². The first-order valence-corrected chi connectivity index (χ1v) is 9.74. The molecule has 0 atom stereocenters. The van der Waals surface area contributed by atoms with Crippen LogP contribution in [-0.4, -0.2) is 31.9 Å². The van der Waals surface area contributed by atoms with Gasteiger partial charge in [0.25, 0.3) is 5.91 Å². The highest BCUT2D eigenvalue weighted by Gasteiger charge is 2.36. The lowest BCUT2D eigenvalue weighted by atomic mass is 10.1. The van der Waals surface area contributed by atoms with Gasteiger partial charge in [-0.05, 0) is 42.5 Å². The Morgan fingerprint density at radius 2 is 1.78 bits per heavy atom. The minimum Gasteiger partial charge on any atom is -0.366 e. The van der Waals surface area contributed by atoms with Gasteiger partial charge in [0.15, 0.2) is 0 Å². The normalized spacial score (nSPS) is 15.6. The first-order chi connectivity index (χ1) is 12.7. The van der Waals surface area contributed by atoms with Crippen LogP contribution >= 0.6 is 11.6 Å². The second kappa shape index (κ2) is 7.01. The average molecular weight is 408 g/mol. The van der Waals surface area contributed by atoms with Crippen molar-refractivity contribution in [2.24, 2.45) is 5.73 Å². The number of sulfonamides is 1. The molecule has 3 amide bonds. The predicted octanol–water partition coefficient (Wildman–Crippen LogP) is 1.76. The zero-order valence-electron chi connectivity index (χ0n) is 13.8. The number of halogens is 1. The zero-order chi connectivity index (χ0) is 19.8. The van der Waals surface area contributed by atoms with Crippen molar-refractivity contribution in [1.82, 2.24) is 0 Å². The average Bonchev–Trinajstić information content (AvgIpc) is 2.89. The Labute approximate surface area is 160 Å². The van der Waals surface area contributed by atoms with E-state index in [-0.39, 0.29) is 34.0 Å². The van der Waals surface area contributed by atoms with Gasteiger partial charge in [-0.15, -0.1) is 0 Å². The van der Waals surface area contributed by atoms with E-state index >= 15 is 0 Å². The van der Waals surface area contributed by atoms with Crippen molar-refractivity contribution < 1.29 is 22.8 Å². The number of primary amides is 1. The second-order valence-electron chi connectivity index (χ2n) is 5.78. The quantitative estimate of drug-likeness (QED) is 0.798. The second-order valence-corrected chi connectivity index (χ2v) is 8.13. The topological polar surface area (TPSA) is 127 Å². The number of nitrogens with two attached hydrogens (primary N) is 1. The highest BCUT2D eigenvalue weighted by atomic mass is 35.5. The third-order valence-electron chi connectivity index (χ3n) is 3.93. The number of nitrogens with one attached hydrogen (secondary N) is 1. The van der Waals surface area contributed by atoms with E-state index in [1.54, 1.807) is 0 Å². The first kappa shape index (κ1) is 18.9. The van der Waals surface area contributed by atoms with Gasteiger partial charge in [-0.3, -0.25) is 14.4 Å². The monoisotopic (exact) mass is 407 g/mol. The van der Waals surface area contributed by atoms with Crippen LogP contribution in [0.4, 0.5) is 11.4 Å². The third kappa shape index (κ3) is 3.79. The molecule has 2 aromatic rings. The number of carbonyl (C=O) groups is 3. The summed E-state index contributed by atoms with van der Waals surface area (Å²) < 4.78 is 24.8. The van der Waals surface area contributed by atoms with Crippen molar-refractivity contribution in [3.8, 4) is 0 Å². The summed E-state index contributed by atoms with van der Waals surface area (Å²) in [5, 5.41) is 2.68. The Hall–Kier alpha value is -2.91. The summed E-state index contributed by atoms with van der Waals surface area (Å²) in [7, 11) is -3.75. The molecule has 2 aromatic carbocycles. The van der Waals surface area contributed by atoms with Crippen LogP contribution < -0.4 is 15.4 Å². The molecule has 140 valence electrons. The zero-order valence-corrected chi connectivity index (χ0v) is 15.4. The molecule has 8 nitrogen and oxygen atoms in total. The van der Waals surface area contributed by atoms with Crippen LogP contribution in [0.5, 0.6) is 0 Å². The van der Waals surface area contributed by atoms with E-state index in [4.69, 9.17) is 17.3 Å². The van der Waals surface area contributed by atoms with Crippen molar-refractivity contribution in [3.63, 3.8) is 0 Å². The summed E-state index contributed by atoms with van der Waals surface area (Å²) in [6.07, 6.45) is -0.112. The maximum atomic E-state index is 12.5. The third-order valence-corrected chi connectivity index (χ3v) is 5.96. The number of amides is 3. The largest absolute Gasteiger partial charge is 0.366 e. The molecule has 27 heavy (non-hydrogen) atoms. The molecule has 0 aromatic heterocycles. The summed E-state index contributed by atoms with van der Waals surface area (Å²) in [5.41, 5.74) is 5.88. The van der Waals surface area contributed by atoms with Crippen molar-refractivity contribution in [2.75, 3.05) is 15.4 Å². The highest BCUT2D eigenvalue weighted by molar-refractivity contribution is 7.94. The molecule has 1 aliphatic rings. The highest BCUT2D eigenvalue weighted by Crippen LogP contribution is 2.29. The molecule has 10 heteroatoms. The van der Waals surface area contributed by atoms with Crippen molar-refractivity contribution in [3.05, 3.63) is 58.6 Å². The Morgan fingerprint density at radius 3 is 2.33 bits per heavy atom. The Balaban J connectivity index is 1.89. The molecule has 0 saturated carbocycles. The maximum absolute atomic E-state index is 12.5. The molecule has 1 saturated heterocycles. The van der Waals surface area contributed by atoms with E-state index in [9.17, 15) is 22.8 Å². The van der Waals surface area contributed by atoms with E-state index in [0.29, 0.717) is 9.99 Å². The number of rotatable bonds is 4. The molecule has 1 aliphatic heterocycles. The standard InChI is InChI=1S/C17H14ClN3O5S/c18-14-6-5-12(21-15(22)7-8-27(21,25)26)9-13(14)17(24)20-11-3-1-10(2-4-11)16(19)23/h1-6,9H,7-8H2,(H2,19,23)(H,20,24). The van der Waals surface area contributed by atoms with Crippen LogP contribution in [0.3, 0.4) is 0 Å². The lowest BCUT2D eigenvalue weighted by Gasteiger charge is -2.16. The number of anilines is 2. The van der Waals surface area contributed by atoms with Gasteiger partial charge in [0, 0.05) is 17.7 Å². The fourth-order valence-corrected chi connectivity index (χ4v) is 4.25. The molecule has 0 radical (unpaired) electrons. The van der Waals surface area contributed by atoms with Gasteiger partial charge in [-0.1, -0.05) is 11.6 Å². The molecule has 3 N–H and O–H groups in total. The number of hydrogen-bond donors (Lipinski definition) is 2. The van der Waals surface area contributed by atoms with Gasteiger partial charge in [0.05, 0.1) is 22.0 Å². The molecule has 0 unspecified atom stereocenters. The molecule has 1 fully saturated rings. The fraction of sp³-hybridized carbons (Fsp3) is 0.118. The van der Waals surface area contributed by atoms with E-state index < -0.39 is 27.7 Å². The Morgan fingerprint density at radius 1 is 1.11 bits per heavy atom. The minimum atomic E-state index is -3.75. The maximum Gasteiger partial charge on any atom is 0.257 e. The lowest BCUT2D eigenvalue weighted by molar-refractivity contribution is -0.116. The van der Waals surface area contributed by atoms with Gasteiger partial charge in [0.1, 0.15) is 0 Å². The van der Waals surface area contributed by atoms with Gasteiger partial charge in [-0.25, -0.2) is 12.7 Å². The summed E-state index contributed by atoms with van der Waals surface area (Å²) >= 11 is 6.06. The summed E-state index contributed by atoms with van der Waals surface area (Å²) in [5.74, 6) is -2.04. The summed E-state index contributed by atoms with van der Waals surface area (Å²) in [4.78, 5) is 35.5. The van der Waals surface area contributed by atoms with Gasteiger partial charge < -0.3 is 11.1 Å².